The molecule has 0 aromatic heterocycles. The third-order valence-electron chi connectivity index (χ3n) is 3.04. The van der Waals surface area contributed by atoms with Crippen LogP contribution in [-0.2, 0) is 4.74 Å². The van der Waals surface area contributed by atoms with Crippen molar-refractivity contribution in [1.29, 1.82) is 0 Å². The molecule has 2 rings (SSSR count). The Balaban J connectivity index is 1.87. The highest BCUT2D eigenvalue weighted by molar-refractivity contribution is 5.71. The fourth-order valence-corrected chi connectivity index (χ4v) is 1.93. The van der Waals surface area contributed by atoms with Gasteiger partial charge in [-0.05, 0) is 12.1 Å². The molecule has 0 aliphatic carbocycles. The van der Waals surface area contributed by atoms with Crippen molar-refractivity contribution in [3.63, 3.8) is 0 Å². The van der Waals surface area contributed by atoms with Gasteiger partial charge in [-0.25, -0.2) is 4.79 Å². The van der Waals surface area contributed by atoms with Gasteiger partial charge in [0.15, 0.2) is 0 Å². The molecule has 0 spiro atoms. The molecule has 1 aliphatic rings. The molecule has 3 atom stereocenters. The number of hydrogen-bond acceptors (Lipinski definition) is 4. The molecule has 108 valence electrons. The van der Waals surface area contributed by atoms with Crippen LogP contribution in [0.3, 0.4) is 0 Å². The molecule has 1 aliphatic heterocycles. The van der Waals surface area contributed by atoms with Gasteiger partial charge in [-0.3, -0.25) is 0 Å². The second kappa shape index (κ2) is 7.35. The maximum Gasteiger partial charge on any atom is 0.413 e. The van der Waals surface area contributed by atoms with Crippen LogP contribution >= 0.6 is 0 Å². The van der Waals surface area contributed by atoms with E-state index >= 15 is 0 Å². The summed E-state index contributed by atoms with van der Waals surface area (Å²) < 4.78 is 10.6. The van der Waals surface area contributed by atoms with Gasteiger partial charge in [-0.15, -0.1) is 12.8 Å². The molecule has 5 nitrogen and oxygen atoms in total. The van der Waals surface area contributed by atoms with Crippen molar-refractivity contribution in [3.05, 3.63) is 30.3 Å². The van der Waals surface area contributed by atoms with E-state index < -0.39 is 12.1 Å². The van der Waals surface area contributed by atoms with Crippen LogP contribution in [-0.4, -0.2) is 37.4 Å². The van der Waals surface area contributed by atoms with Gasteiger partial charge < -0.3 is 20.1 Å². The molecule has 1 saturated heterocycles. The van der Waals surface area contributed by atoms with E-state index in [2.05, 4.69) is 22.5 Å². The van der Waals surface area contributed by atoms with E-state index in [0.717, 1.165) is 0 Å². The number of benzene rings is 1. The average molecular weight is 284 g/mol. The fourth-order valence-electron chi connectivity index (χ4n) is 1.93. The van der Waals surface area contributed by atoms with Crippen LogP contribution in [0.25, 0.3) is 0 Å². The summed E-state index contributed by atoms with van der Waals surface area (Å²) in [7, 11) is 0. The van der Waals surface area contributed by atoms with Crippen LogP contribution < -0.4 is 15.4 Å². The summed E-state index contributed by atoms with van der Waals surface area (Å²) in [6.45, 7) is 0.824. The first-order valence-electron chi connectivity index (χ1n) is 6.53. The minimum atomic E-state index is -0.606. The summed E-state index contributed by atoms with van der Waals surface area (Å²) in [6.07, 6.45) is 9.86. The number of morpholine rings is 1. The first-order valence-corrected chi connectivity index (χ1v) is 6.53. The first-order chi connectivity index (χ1) is 10.2. The molecule has 21 heavy (non-hydrogen) atoms. The number of amides is 1. The highest BCUT2D eigenvalue weighted by Crippen LogP contribution is 2.09. The normalized spacial score (nSPS) is 22.4. The Morgan fingerprint density at radius 1 is 1.43 bits per heavy atom. The topological polar surface area (TPSA) is 59.6 Å². The Bertz CT molecular complexity index is 551. The minimum absolute atomic E-state index is 0.206. The summed E-state index contributed by atoms with van der Waals surface area (Å²) in [5, 5.41) is 5.79. The number of ether oxygens (including phenoxy) is 2. The Hall–Kier alpha value is -2.47. The molecule has 1 amide bonds. The average Bonchev–Trinajstić information content (AvgIpc) is 2.53. The lowest BCUT2D eigenvalue weighted by atomic mass is 10.1. The molecule has 1 fully saturated rings. The van der Waals surface area contributed by atoms with E-state index in [1.54, 1.807) is 24.3 Å². The van der Waals surface area contributed by atoms with Gasteiger partial charge in [0, 0.05) is 6.54 Å². The van der Waals surface area contributed by atoms with Crippen molar-refractivity contribution >= 4 is 6.09 Å². The lowest BCUT2D eigenvalue weighted by Gasteiger charge is -2.31. The number of carbonyl (C=O) groups is 1. The smallest absolute Gasteiger partial charge is 0.410 e. The standard InChI is InChI=1S/C16H16N2O3/c1-3-12-10-17-15(11-20-12)14(4-2)18-16(19)21-13-8-6-5-7-9-13/h1-2,5-9,12,14-15,17H,10-11H2,(H,18,19). The highest BCUT2D eigenvalue weighted by atomic mass is 16.6. The van der Waals surface area contributed by atoms with E-state index in [4.69, 9.17) is 22.3 Å². The summed E-state index contributed by atoms with van der Waals surface area (Å²) >= 11 is 0. The van der Waals surface area contributed by atoms with Crippen LogP contribution in [0.5, 0.6) is 5.75 Å². The number of hydrogen-bond donors (Lipinski definition) is 2. The summed E-state index contributed by atoms with van der Waals surface area (Å²) in [5.41, 5.74) is 0. The van der Waals surface area contributed by atoms with E-state index in [0.29, 0.717) is 18.9 Å². The zero-order valence-corrected chi connectivity index (χ0v) is 11.4. The molecular formula is C16H16N2O3. The van der Waals surface area contributed by atoms with E-state index in [1.165, 1.54) is 0 Å². The van der Waals surface area contributed by atoms with E-state index in [-0.39, 0.29) is 12.1 Å². The second-order valence-electron chi connectivity index (χ2n) is 4.49. The molecule has 0 saturated carbocycles. The maximum atomic E-state index is 11.8. The Morgan fingerprint density at radius 3 is 2.76 bits per heavy atom. The molecule has 1 aromatic carbocycles. The third kappa shape index (κ3) is 4.25. The lowest BCUT2D eigenvalue weighted by Crippen LogP contribution is -2.57. The van der Waals surface area contributed by atoms with Gasteiger partial charge >= 0.3 is 6.09 Å². The predicted octanol–water partition coefficient (Wildman–Crippen LogP) is 0.767. The van der Waals surface area contributed by atoms with Crippen molar-refractivity contribution in [1.82, 2.24) is 10.6 Å². The Kier molecular flexibility index (Phi) is 5.22. The summed E-state index contributed by atoms with van der Waals surface area (Å²) in [4.78, 5) is 11.8. The van der Waals surface area contributed by atoms with Crippen LogP contribution in [0.4, 0.5) is 4.79 Å². The van der Waals surface area contributed by atoms with Crippen LogP contribution in [0.2, 0.25) is 0 Å². The van der Waals surface area contributed by atoms with E-state index in [9.17, 15) is 4.79 Å². The lowest BCUT2D eigenvalue weighted by molar-refractivity contribution is 0.0323. The first kappa shape index (κ1) is 14.9. The number of carbonyl (C=O) groups excluding carboxylic acids is 1. The van der Waals surface area contributed by atoms with Crippen molar-refractivity contribution < 1.29 is 14.3 Å². The quantitative estimate of drug-likeness (QED) is 0.805. The van der Waals surface area contributed by atoms with Crippen molar-refractivity contribution in [2.45, 2.75) is 18.2 Å². The molecular weight excluding hydrogens is 268 g/mol. The zero-order valence-electron chi connectivity index (χ0n) is 11.4. The predicted molar refractivity (Wildman–Crippen MR) is 78.6 cm³/mol. The fraction of sp³-hybridized carbons (Fsp3) is 0.312. The second-order valence-corrected chi connectivity index (χ2v) is 4.49. The monoisotopic (exact) mass is 284 g/mol. The summed E-state index contributed by atoms with van der Waals surface area (Å²) in [5.74, 6) is 5.47. The molecule has 5 heteroatoms. The molecule has 0 bridgehead atoms. The molecule has 1 aromatic rings. The molecule has 0 radical (unpaired) electrons. The van der Waals surface area contributed by atoms with Crippen molar-refractivity contribution in [2.75, 3.05) is 13.2 Å². The van der Waals surface area contributed by atoms with Crippen molar-refractivity contribution in [3.8, 4) is 30.4 Å². The van der Waals surface area contributed by atoms with Gasteiger partial charge in [-0.2, -0.15) is 0 Å². The largest absolute Gasteiger partial charge is 0.413 e. The maximum absolute atomic E-state index is 11.8. The van der Waals surface area contributed by atoms with E-state index in [1.807, 2.05) is 6.07 Å². The third-order valence-corrected chi connectivity index (χ3v) is 3.04. The van der Waals surface area contributed by atoms with Crippen LogP contribution in [0.1, 0.15) is 0 Å². The summed E-state index contributed by atoms with van der Waals surface area (Å²) in [6, 6.07) is 8.01. The number of rotatable bonds is 3. The number of terminal acetylenes is 2. The highest BCUT2D eigenvalue weighted by Gasteiger charge is 2.27. The Labute approximate surface area is 124 Å². The molecule has 2 N–H and O–H groups in total. The van der Waals surface area contributed by atoms with Crippen molar-refractivity contribution in [2.24, 2.45) is 0 Å². The zero-order chi connectivity index (χ0) is 15.1. The molecule has 1 heterocycles. The number of para-hydroxylation sites is 1. The van der Waals surface area contributed by atoms with Gasteiger partial charge in [0.25, 0.3) is 0 Å². The van der Waals surface area contributed by atoms with Gasteiger partial charge in [0.2, 0.25) is 0 Å². The van der Waals surface area contributed by atoms with Crippen LogP contribution in [0.15, 0.2) is 30.3 Å². The van der Waals surface area contributed by atoms with Crippen LogP contribution in [0, 0.1) is 24.7 Å². The Morgan fingerprint density at radius 2 is 2.19 bits per heavy atom. The SMILES string of the molecule is C#CC1CNC(C(C#C)NC(=O)Oc2ccccc2)CO1. The van der Waals surface area contributed by atoms with Gasteiger partial charge in [-0.1, -0.05) is 30.0 Å². The minimum Gasteiger partial charge on any atom is -0.410 e. The number of nitrogens with one attached hydrogen (secondary N) is 2. The van der Waals surface area contributed by atoms with Gasteiger partial charge in [0.05, 0.1) is 12.6 Å². The van der Waals surface area contributed by atoms with Gasteiger partial charge in [0.1, 0.15) is 17.9 Å². The molecule has 3 unspecified atom stereocenters.